The summed E-state index contributed by atoms with van der Waals surface area (Å²) in [5, 5.41) is 15.1. The van der Waals surface area contributed by atoms with Gasteiger partial charge in [0.2, 0.25) is 0 Å². The lowest BCUT2D eigenvalue weighted by Crippen LogP contribution is -2.43. The lowest BCUT2D eigenvalue weighted by molar-refractivity contribution is -0.129. The third-order valence-corrected chi connectivity index (χ3v) is 7.59. The molecule has 2 atom stereocenters. The molecule has 1 aliphatic carbocycles. The standard InChI is InChI=1S/C28H27ClF2N10O3.C5H12/c1-2-33-28(43)44-13-22(17-7-10-20(29)19(11-17)24-34-14-36-40(24)26(30)31)39-25(42)23(37-27(39)32)16-5-3-15(4-6-16)21-12-35-41(38-21)18-8-9-18;1-5(2,3)4/h3-7,10-12,14,18,22-23,26H,2,8-9,13H2,1H3,(H2,32,37)(H,33,43);1-4H3. The summed E-state index contributed by atoms with van der Waals surface area (Å²) in [6.07, 6.45) is 4.11. The first-order chi connectivity index (χ1) is 23.2. The van der Waals surface area contributed by atoms with Gasteiger partial charge in [0.25, 0.3) is 5.91 Å². The third kappa shape index (κ3) is 8.57. The number of hydrogen-bond donors (Lipinski definition) is 2. The van der Waals surface area contributed by atoms with Gasteiger partial charge >= 0.3 is 12.6 Å². The Morgan fingerprint density at radius 1 is 1.12 bits per heavy atom. The van der Waals surface area contributed by atoms with Crippen LogP contribution in [0.5, 0.6) is 0 Å². The molecule has 3 N–H and O–H groups in total. The summed E-state index contributed by atoms with van der Waals surface area (Å²) in [7, 11) is 0. The fourth-order valence-electron chi connectivity index (χ4n) is 4.93. The minimum atomic E-state index is -2.97. The molecule has 1 fully saturated rings. The lowest BCUT2D eigenvalue weighted by atomic mass is 10.0. The summed E-state index contributed by atoms with van der Waals surface area (Å²) in [6.45, 7) is 7.50. The molecular formula is C33H39ClF2N10O3. The van der Waals surface area contributed by atoms with Crippen molar-refractivity contribution in [1.29, 1.82) is 0 Å². The number of amides is 2. The molecule has 260 valence electrons. The second-order valence-electron chi connectivity index (χ2n) is 13.2. The van der Waals surface area contributed by atoms with Gasteiger partial charge in [-0.3, -0.25) is 9.69 Å². The minimum Gasteiger partial charge on any atom is -0.447 e. The van der Waals surface area contributed by atoms with E-state index in [2.05, 4.69) is 58.3 Å². The normalized spacial score (nSPS) is 16.7. The minimum absolute atomic E-state index is 0.104. The number of halogens is 3. The van der Waals surface area contributed by atoms with Crippen LogP contribution in [0.3, 0.4) is 0 Å². The Labute approximate surface area is 287 Å². The summed E-state index contributed by atoms with van der Waals surface area (Å²) in [5.41, 5.74) is 9.47. The SMILES string of the molecule is CC(C)(C)C.CCNC(=O)OCC(c1ccc(Cl)c(-c2ncnn2C(F)F)c1)N1C(=O)C(c2ccc(-c3cnn(C4CC4)n3)cc2)N=C1N. The van der Waals surface area contributed by atoms with Gasteiger partial charge in [0, 0.05) is 17.7 Å². The first kappa shape index (κ1) is 35.4. The zero-order valence-electron chi connectivity index (χ0n) is 27.8. The predicted octanol–water partition coefficient (Wildman–Crippen LogP) is 6.32. The number of rotatable bonds is 10. The van der Waals surface area contributed by atoms with E-state index in [1.807, 2.05) is 12.1 Å². The number of carbonyl (C=O) groups excluding carboxylic acids is 2. The molecule has 2 aromatic heterocycles. The maximum Gasteiger partial charge on any atom is 0.407 e. The molecule has 0 saturated heterocycles. The second-order valence-corrected chi connectivity index (χ2v) is 13.6. The number of alkyl halides is 2. The highest BCUT2D eigenvalue weighted by molar-refractivity contribution is 6.33. The maximum absolute atomic E-state index is 13.9. The van der Waals surface area contributed by atoms with E-state index in [4.69, 9.17) is 22.1 Å². The number of nitrogens with one attached hydrogen (secondary N) is 1. The molecule has 4 aromatic rings. The molecule has 1 saturated carbocycles. The molecule has 2 aliphatic rings. The van der Waals surface area contributed by atoms with Crippen molar-refractivity contribution < 1.29 is 23.1 Å². The van der Waals surface area contributed by atoms with Crippen molar-refractivity contribution in [3.8, 4) is 22.6 Å². The summed E-state index contributed by atoms with van der Waals surface area (Å²) < 4.78 is 33.0. The van der Waals surface area contributed by atoms with E-state index in [1.165, 1.54) is 17.0 Å². The van der Waals surface area contributed by atoms with E-state index in [9.17, 15) is 18.4 Å². The van der Waals surface area contributed by atoms with Gasteiger partial charge < -0.3 is 15.8 Å². The zero-order valence-corrected chi connectivity index (χ0v) is 28.6. The van der Waals surface area contributed by atoms with Crippen molar-refractivity contribution in [2.45, 2.75) is 72.1 Å². The number of aromatic nitrogens is 6. The highest BCUT2D eigenvalue weighted by atomic mass is 35.5. The highest BCUT2D eigenvalue weighted by Gasteiger charge is 2.40. The molecule has 13 nitrogen and oxygen atoms in total. The van der Waals surface area contributed by atoms with Gasteiger partial charge in [-0.15, -0.1) is 0 Å². The Morgan fingerprint density at radius 3 is 2.45 bits per heavy atom. The third-order valence-electron chi connectivity index (χ3n) is 7.26. The van der Waals surface area contributed by atoms with Gasteiger partial charge in [-0.1, -0.05) is 69.6 Å². The first-order valence-electron chi connectivity index (χ1n) is 15.8. The molecule has 2 amide bonds. The molecule has 2 aromatic carbocycles. The van der Waals surface area contributed by atoms with Gasteiger partial charge in [0.15, 0.2) is 17.8 Å². The molecule has 3 heterocycles. The fraction of sp³-hybridized carbons (Fsp3) is 0.424. The Balaban J connectivity index is 0.000000874. The van der Waals surface area contributed by atoms with Crippen LogP contribution in [0, 0.1) is 5.41 Å². The maximum atomic E-state index is 13.9. The number of hydrogen-bond acceptors (Lipinski definition) is 9. The molecule has 6 rings (SSSR count). The number of alkyl carbamates (subject to hydrolysis) is 1. The van der Waals surface area contributed by atoms with E-state index in [0.29, 0.717) is 33.8 Å². The molecule has 49 heavy (non-hydrogen) atoms. The smallest absolute Gasteiger partial charge is 0.407 e. The second kappa shape index (κ2) is 14.7. The summed E-state index contributed by atoms with van der Waals surface area (Å²) in [5.74, 6) is -0.750. The van der Waals surface area contributed by atoms with Crippen LogP contribution in [0.4, 0.5) is 13.6 Å². The van der Waals surface area contributed by atoms with Crippen molar-refractivity contribution in [3.05, 3.63) is 71.1 Å². The molecule has 2 unspecified atom stereocenters. The van der Waals surface area contributed by atoms with Crippen LogP contribution in [0.25, 0.3) is 22.6 Å². The summed E-state index contributed by atoms with van der Waals surface area (Å²) in [4.78, 5) is 37.4. The average Bonchev–Trinajstić information content (AvgIpc) is 3.43. The molecule has 1 aliphatic heterocycles. The van der Waals surface area contributed by atoms with Crippen LogP contribution in [0.1, 0.15) is 83.3 Å². The largest absolute Gasteiger partial charge is 0.447 e. The summed E-state index contributed by atoms with van der Waals surface area (Å²) in [6, 6.07) is 10.1. The van der Waals surface area contributed by atoms with Crippen molar-refractivity contribution in [1.82, 2.24) is 40.0 Å². The molecular weight excluding hydrogens is 658 g/mol. The molecule has 0 radical (unpaired) electrons. The number of ether oxygens (including phenoxy) is 1. The lowest BCUT2D eigenvalue weighted by Gasteiger charge is -2.28. The van der Waals surface area contributed by atoms with Crippen LogP contribution >= 0.6 is 11.6 Å². The van der Waals surface area contributed by atoms with Crippen LogP contribution < -0.4 is 11.1 Å². The topological polar surface area (TPSA) is 158 Å². The monoisotopic (exact) mass is 696 g/mol. The van der Waals surface area contributed by atoms with E-state index in [-0.39, 0.29) is 29.0 Å². The van der Waals surface area contributed by atoms with Crippen LogP contribution in [0.15, 0.2) is 60.0 Å². The van der Waals surface area contributed by atoms with Crippen molar-refractivity contribution in [3.63, 3.8) is 0 Å². The zero-order chi connectivity index (χ0) is 35.5. The Morgan fingerprint density at radius 2 is 1.82 bits per heavy atom. The highest BCUT2D eigenvalue weighted by Crippen LogP contribution is 2.37. The Kier molecular flexibility index (Phi) is 10.6. The molecule has 16 heteroatoms. The number of nitrogens with two attached hydrogens (primary N) is 1. The first-order valence-corrected chi connectivity index (χ1v) is 16.2. The van der Waals surface area contributed by atoms with Gasteiger partial charge in [0.05, 0.1) is 23.3 Å². The van der Waals surface area contributed by atoms with Crippen LogP contribution in [-0.4, -0.2) is 65.8 Å². The fourth-order valence-corrected chi connectivity index (χ4v) is 5.13. The van der Waals surface area contributed by atoms with Crippen molar-refractivity contribution >= 4 is 29.6 Å². The Hall–Kier alpha value is -4.92. The number of guanidine groups is 1. The molecule has 0 spiro atoms. The van der Waals surface area contributed by atoms with Gasteiger partial charge in [-0.05, 0) is 48.4 Å². The number of benzene rings is 2. The van der Waals surface area contributed by atoms with E-state index in [0.717, 1.165) is 30.4 Å². The van der Waals surface area contributed by atoms with Gasteiger partial charge in [-0.25, -0.2) is 14.8 Å². The van der Waals surface area contributed by atoms with E-state index < -0.39 is 30.6 Å². The van der Waals surface area contributed by atoms with E-state index >= 15 is 0 Å². The van der Waals surface area contributed by atoms with Gasteiger partial charge in [-0.2, -0.15) is 33.6 Å². The molecule has 0 bridgehead atoms. The van der Waals surface area contributed by atoms with Crippen molar-refractivity contribution in [2.24, 2.45) is 16.1 Å². The predicted molar refractivity (Wildman–Crippen MR) is 180 cm³/mol. The quantitative estimate of drug-likeness (QED) is 0.195. The summed E-state index contributed by atoms with van der Waals surface area (Å²) >= 11 is 6.37. The number of nitrogens with zero attached hydrogens (tertiary/aromatic N) is 8. The van der Waals surface area contributed by atoms with Gasteiger partial charge in [0.1, 0.15) is 18.6 Å². The van der Waals surface area contributed by atoms with Crippen LogP contribution in [-0.2, 0) is 9.53 Å². The Bertz CT molecular complexity index is 1810. The number of carbonyl (C=O) groups is 2. The van der Waals surface area contributed by atoms with Crippen molar-refractivity contribution in [2.75, 3.05) is 13.2 Å². The van der Waals surface area contributed by atoms with Crippen LogP contribution in [0.2, 0.25) is 5.02 Å². The van der Waals surface area contributed by atoms with E-state index in [1.54, 1.807) is 36.1 Å². The average molecular weight is 697 g/mol. The number of aliphatic imine (C=N–C) groups is 1.